The number of rotatable bonds is 0. The van der Waals surface area contributed by atoms with Gasteiger partial charge in [0.2, 0.25) is 0 Å². The largest absolute Gasteiger partial charge is 0.124 e. The Kier molecular flexibility index (Phi) is 4.24. The number of halogens is 2. The molecule has 0 bridgehead atoms. The highest BCUT2D eigenvalue weighted by atomic mass is 35.5. The van der Waals surface area contributed by atoms with Gasteiger partial charge < -0.3 is 0 Å². The summed E-state index contributed by atoms with van der Waals surface area (Å²) < 4.78 is -0.353. The smallest absolute Gasteiger partial charge is 0.101 e. The number of alkyl halides is 2. The molecule has 0 saturated heterocycles. The minimum atomic E-state index is -0.353. The molecule has 0 aromatic rings. The van der Waals surface area contributed by atoms with E-state index in [1.165, 1.54) is 64.2 Å². The van der Waals surface area contributed by atoms with Crippen LogP contribution in [0.4, 0.5) is 0 Å². The summed E-state index contributed by atoms with van der Waals surface area (Å²) in [7, 11) is 0. The van der Waals surface area contributed by atoms with Crippen molar-refractivity contribution in [3.05, 3.63) is 0 Å². The van der Waals surface area contributed by atoms with Crippen molar-refractivity contribution < 1.29 is 0 Å². The predicted molar refractivity (Wildman–Crippen MR) is 67.6 cm³/mol. The molecule has 2 heteroatoms. The van der Waals surface area contributed by atoms with E-state index in [-0.39, 0.29) is 4.33 Å². The summed E-state index contributed by atoms with van der Waals surface area (Å²) >= 11 is 12.6. The van der Waals surface area contributed by atoms with Crippen molar-refractivity contribution in [3.63, 3.8) is 0 Å². The molecule has 0 heterocycles. The van der Waals surface area contributed by atoms with Gasteiger partial charge in [-0.3, -0.25) is 0 Å². The Balaban J connectivity index is 1.80. The summed E-state index contributed by atoms with van der Waals surface area (Å²) in [6.07, 6.45) is 13.6. The fourth-order valence-corrected chi connectivity index (χ4v) is 3.96. The Morgan fingerprint density at radius 2 is 0.933 bits per heavy atom. The molecular weight excluding hydrogens is 227 g/mol. The third kappa shape index (κ3) is 3.03. The van der Waals surface area contributed by atoms with Crippen molar-refractivity contribution in [3.8, 4) is 0 Å². The Morgan fingerprint density at radius 3 is 1.33 bits per heavy atom. The molecule has 2 saturated carbocycles. The van der Waals surface area contributed by atoms with Gasteiger partial charge >= 0.3 is 0 Å². The summed E-state index contributed by atoms with van der Waals surface area (Å²) in [6, 6.07) is 0. The molecule has 0 radical (unpaired) electrons. The predicted octanol–water partition coefficient (Wildman–Crippen LogP) is 5.32. The lowest BCUT2D eigenvalue weighted by molar-refractivity contribution is 0.491. The van der Waals surface area contributed by atoms with E-state index in [1.807, 2.05) is 0 Å². The third-order valence-corrected chi connectivity index (χ3v) is 5.27. The Morgan fingerprint density at radius 1 is 0.600 bits per heavy atom. The van der Waals surface area contributed by atoms with Crippen molar-refractivity contribution in [2.45, 2.75) is 68.5 Å². The van der Waals surface area contributed by atoms with Crippen LogP contribution in [0.3, 0.4) is 0 Å². The van der Waals surface area contributed by atoms with Gasteiger partial charge in [-0.15, -0.1) is 23.2 Å². The van der Waals surface area contributed by atoms with Gasteiger partial charge in [-0.2, -0.15) is 0 Å². The van der Waals surface area contributed by atoms with E-state index in [0.29, 0.717) is 11.8 Å². The third-order valence-electron chi connectivity index (χ3n) is 4.15. The molecule has 0 N–H and O–H groups in total. The van der Waals surface area contributed by atoms with Crippen molar-refractivity contribution in [1.82, 2.24) is 0 Å². The van der Waals surface area contributed by atoms with Crippen LogP contribution >= 0.6 is 23.2 Å². The van der Waals surface area contributed by atoms with Gasteiger partial charge in [0.25, 0.3) is 0 Å². The van der Waals surface area contributed by atoms with E-state index in [2.05, 4.69) is 0 Å². The quantitative estimate of drug-likeness (QED) is 0.509. The van der Waals surface area contributed by atoms with E-state index in [9.17, 15) is 0 Å². The normalized spacial score (nSPS) is 37.2. The van der Waals surface area contributed by atoms with Crippen LogP contribution in [-0.4, -0.2) is 4.33 Å². The second-order valence-corrected chi connectivity index (χ2v) is 6.74. The van der Waals surface area contributed by atoms with E-state index >= 15 is 0 Å². The summed E-state index contributed by atoms with van der Waals surface area (Å²) in [4.78, 5) is 0. The minimum absolute atomic E-state index is 0.353. The molecule has 0 aromatic heterocycles. The lowest BCUT2D eigenvalue weighted by Gasteiger charge is -2.04. The van der Waals surface area contributed by atoms with Crippen LogP contribution in [0.5, 0.6) is 0 Å². The number of fused-ring (bicyclic) bond motifs is 1. The Labute approximate surface area is 104 Å². The second kappa shape index (κ2) is 5.27. The lowest BCUT2D eigenvalue weighted by atomic mass is 10.0. The van der Waals surface area contributed by atoms with Crippen LogP contribution in [0.15, 0.2) is 0 Å². The van der Waals surface area contributed by atoms with Crippen LogP contribution < -0.4 is 0 Å². The molecule has 2 aliphatic carbocycles. The summed E-state index contributed by atoms with van der Waals surface area (Å²) in [6.45, 7) is 0. The van der Waals surface area contributed by atoms with Gasteiger partial charge in [0.15, 0.2) is 0 Å². The first-order chi connectivity index (χ1) is 7.23. The maximum absolute atomic E-state index is 6.31. The molecule has 2 aliphatic rings. The fraction of sp³-hybridized carbons (Fsp3) is 1.00. The van der Waals surface area contributed by atoms with Gasteiger partial charge in [0.1, 0.15) is 4.33 Å². The zero-order chi connectivity index (χ0) is 10.7. The molecule has 2 unspecified atom stereocenters. The van der Waals surface area contributed by atoms with Crippen LogP contribution in [-0.2, 0) is 0 Å². The molecule has 2 fully saturated rings. The highest BCUT2D eigenvalue weighted by Crippen LogP contribution is 2.63. The van der Waals surface area contributed by atoms with Crippen LogP contribution in [0.25, 0.3) is 0 Å². The van der Waals surface area contributed by atoms with Crippen LogP contribution in [0.2, 0.25) is 0 Å². The zero-order valence-corrected chi connectivity index (χ0v) is 11.0. The Hall–Kier alpha value is 0.580. The highest BCUT2D eigenvalue weighted by Gasteiger charge is 2.61. The van der Waals surface area contributed by atoms with Crippen molar-refractivity contribution in [2.24, 2.45) is 11.8 Å². The van der Waals surface area contributed by atoms with E-state index in [0.717, 1.165) is 0 Å². The Bertz CT molecular complexity index is 181. The average Bonchev–Trinajstić information content (AvgIpc) is 2.67. The first-order valence-corrected chi connectivity index (χ1v) is 7.36. The molecule has 2 atom stereocenters. The maximum Gasteiger partial charge on any atom is 0.124 e. The molecule has 88 valence electrons. The van der Waals surface area contributed by atoms with E-state index < -0.39 is 0 Å². The minimum Gasteiger partial charge on any atom is -0.101 e. The fourth-order valence-electron chi connectivity index (χ4n) is 3.04. The first-order valence-electron chi connectivity index (χ1n) is 6.61. The maximum atomic E-state index is 6.31. The van der Waals surface area contributed by atoms with Gasteiger partial charge in [0.05, 0.1) is 0 Å². The molecule has 0 spiro atoms. The van der Waals surface area contributed by atoms with Crippen molar-refractivity contribution in [1.29, 1.82) is 0 Å². The molecule has 0 nitrogen and oxygen atoms in total. The van der Waals surface area contributed by atoms with E-state index in [1.54, 1.807) is 0 Å². The molecule has 0 aliphatic heterocycles. The van der Waals surface area contributed by atoms with Crippen LogP contribution in [0.1, 0.15) is 64.2 Å². The van der Waals surface area contributed by atoms with Gasteiger partial charge in [-0.25, -0.2) is 0 Å². The monoisotopic (exact) mass is 248 g/mol. The van der Waals surface area contributed by atoms with E-state index in [4.69, 9.17) is 23.2 Å². The second-order valence-electron chi connectivity index (χ2n) is 5.29. The summed E-state index contributed by atoms with van der Waals surface area (Å²) in [5.41, 5.74) is 0. The van der Waals surface area contributed by atoms with Gasteiger partial charge in [-0.1, -0.05) is 51.4 Å². The summed E-state index contributed by atoms with van der Waals surface area (Å²) in [5.74, 6) is 1.22. The first kappa shape index (κ1) is 12.0. The number of hydrogen-bond donors (Lipinski definition) is 0. The van der Waals surface area contributed by atoms with Gasteiger partial charge in [-0.05, 0) is 24.7 Å². The molecular formula is C13H22Cl2. The average molecular weight is 249 g/mol. The zero-order valence-electron chi connectivity index (χ0n) is 9.48. The van der Waals surface area contributed by atoms with Crippen molar-refractivity contribution in [2.75, 3.05) is 0 Å². The summed E-state index contributed by atoms with van der Waals surface area (Å²) in [5, 5.41) is 0. The number of hydrogen-bond acceptors (Lipinski definition) is 0. The lowest BCUT2D eigenvalue weighted by Crippen LogP contribution is -1.91. The van der Waals surface area contributed by atoms with Crippen LogP contribution in [0, 0.1) is 11.8 Å². The molecule has 15 heavy (non-hydrogen) atoms. The molecule has 2 rings (SSSR count). The van der Waals surface area contributed by atoms with Gasteiger partial charge in [0, 0.05) is 0 Å². The molecule has 0 amide bonds. The molecule has 0 aromatic carbocycles. The van der Waals surface area contributed by atoms with Crippen molar-refractivity contribution >= 4 is 23.2 Å². The SMILES string of the molecule is ClC1(Cl)C2CCCCCCCCCCC21. The highest BCUT2D eigenvalue weighted by molar-refractivity contribution is 6.51. The topological polar surface area (TPSA) is 0 Å². The standard InChI is InChI=1S/C13H22Cl2/c14-13(15)11-9-7-5-3-1-2-4-6-8-10-12(11)13/h11-12H,1-10H2.